The molecule has 0 spiro atoms. The minimum absolute atomic E-state index is 0.00215. The van der Waals surface area contributed by atoms with Crippen molar-refractivity contribution < 1.29 is 19.1 Å². The summed E-state index contributed by atoms with van der Waals surface area (Å²) in [4.78, 5) is 29.0. The number of hydrogen-bond donors (Lipinski definition) is 1. The summed E-state index contributed by atoms with van der Waals surface area (Å²) in [6, 6.07) is 19.9. The molecule has 1 aliphatic carbocycles. The normalized spacial score (nSPS) is 15.9. The summed E-state index contributed by atoms with van der Waals surface area (Å²) < 4.78 is 13.1. The lowest BCUT2D eigenvalue weighted by molar-refractivity contribution is 0.0361. The van der Waals surface area contributed by atoms with Gasteiger partial charge >= 0.3 is 6.09 Å². The van der Waals surface area contributed by atoms with Crippen molar-refractivity contribution >= 4 is 28.5 Å². The van der Waals surface area contributed by atoms with Gasteiger partial charge in [-0.15, -0.1) is 0 Å². The van der Waals surface area contributed by atoms with Crippen LogP contribution in [0.1, 0.15) is 61.0 Å². The number of carbonyl (C=O) groups is 2. The van der Waals surface area contributed by atoms with E-state index in [4.69, 9.17) is 14.6 Å². The van der Waals surface area contributed by atoms with Crippen LogP contribution in [-0.4, -0.2) is 65.0 Å². The van der Waals surface area contributed by atoms with Gasteiger partial charge in [0.15, 0.2) is 5.78 Å². The molecular weight excluding hydrogens is 540 g/mol. The Hall–Kier alpha value is -4.01. The third-order valence-electron chi connectivity index (χ3n) is 8.03. The lowest BCUT2D eigenvalue weighted by Crippen LogP contribution is -2.38. The number of benzene rings is 3. The predicted octanol–water partition coefficient (Wildman–Crippen LogP) is 6.69. The molecule has 1 saturated heterocycles. The molecule has 3 aromatic carbocycles. The van der Waals surface area contributed by atoms with Crippen LogP contribution < -0.4 is 5.32 Å². The fourth-order valence-electron chi connectivity index (χ4n) is 5.72. The number of aromatic nitrogens is 2. The van der Waals surface area contributed by atoms with Crippen LogP contribution in [0.2, 0.25) is 0 Å². The molecule has 1 aliphatic heterocycles. The zero-order valence-electron chi connectivity index (χ0n) is 25.3. The molecule has 0 bridgehead atoms. The molecule has 2 aliphatic rings. The van der Waals surface area contributed by atoms with E-state index in [2.05, 4.69) is 21.0 Å². The molecule has 6 rings (SSSR count). The van der Waals surface area contributed by atoms with E-state index in [0.29, 0.717) is 17.2 Å². The van der Waals surface area contributed by atoms with E-state index in [1.54, 1.807) is 0 Å². The van der Waals surface area contributed by atoms with Crippen molar-refractivity contribution in [1.29, 1.82) is 0 Å². The number of amides is 1. The number of morpholine rings is 1. The molecule has 2 fully saturated rings. The first-order valence-electron chi connectivity index (χ1n) is 15.2. The van der Waals surface area contributed by atoms with E-state index in [-0.39, 0.29) is 12.2 Å². The van der Waals surface area contributed by atoms with Crippen LogP contribution in [0.15, 0.2) is 66.9 Å². The number of hydrogen-bond acceptors (Lipinski definition) is 6. The van der Waals surface area contributed by atoms with Gasteiger partial charge in [0.25, 0.3) is 0 Å². The third kappa shape index (κ3) is 7.14. The number of anilines is 1. The standard InChI is InChI=1S/C35H40N4O4/c1-35(2,3)43-34(41)37-31-12-11-26(24-7-5-4-6-8-24)19-27(31)22-32(40)28-20-29-23-36-39(14-13-38-15-17-42-18-16-38)33(29)30(21-28)25-9-10-25/h4-8,11-12,19-21,23,25H,9-10,13-18,22H2,1-3H3,(H,37,41). The van der Waals surface area contributed by atoms with E-state index in [9.17, 15) is 9.59 Å². The van der Waals surface area contributed by atoms with Crippen molar-refractivity contribution in [2.45, 2.75) is 58.1 Å². The van der Waals surface area contributed by atoms with Crippen molar-refractivity contribution in [3.8, 4) is 11.1 Å². The Morgan fingerprint density at radius 3 is 2.47 bits per heavy atom. The SMILES string of the molecule is CC(C)(C)OC(=O)Nc1ccc(-c2ccccc2)cc1CC(=O)c1cc(C2CC2)c2c(cnn2CCN2CCOCC2)c1. The third-order valence-corrected chi connectivity index (χ3v) is 8.03. The molecule has 1 N–H and O–H groups in total. The van der Waals surface area contributed by atoms with Gasteiger partial charge in [0, 0.05) is 42.7 Å². The number of nitrogens with one attached hydrogen (secondary N) is 1. The van der Waals surface area contributed by atoms with Crippen LogP contribution in [0.4, 0.5) is 10.5 Å². The van der Waals surface area contributed by atoms with Gasteiger partial charge in [-0.1, -0.05) is 36.4 Å². The fraction of sp³-hybridized carbons (Fsp3) is 0.400. The number of ketones is 1. The minimum Gasteiger partial charge on any atom is -0.444 e. The monoisotopic (exact) mass is 580 g/mol. The van der Waals surface area contributed by atoms with E-state index in [1.807, 2.05) is 81.6 Å². The van der Waals surface area contributed by atoms with Gasteiger partial charge in [-0.05, 0) is 86.1 Å². The summed E-state index contributed by atoms with van der Waals surface area (Å²) in [5.41, 5.74) is 5.74. The Morgan fingerprint density at radius 2 is 1.74 bits per heavy atom. The molecule has 4 aromatic rings. The van der Waals surface area contributed by atoms with Gasteiger partial charge in [-0.3, -0.25) is 19.7 Å². The summed E-state index contributed by atoms with van der Waals surface area (Å²) in [5, 5.41) is 8.62. The van der Waals surface area contributed by atoms with Gasteiger partial charge in [0.05, 0.1) is 31.5 Å². The maximum Gasteiger partial charge on any atom is 0.412 e. The Labute approximate surface area is 253 Å². The predicted molar refractivity (Wildman–Crippen MR) is 169 cm³/mol. The fourth-order valence-corrected chi connectivity index (χ4v) is 5.72. The summed E-state index contributed by atoms with van der Waals surface area (Å²) in [6.07, 6.45) is 3.75. The molecule has 2 heterocycles. The average molecular weight is 581 g/mol. The van der Waals surface area contributed by atoms with Crippen LogP contribution in [0.5, 0.6) is 0 Å². The van der Waals surface area contributed by atoms with Gasteiger partial charge in [-0.25, -0.2) is 4.79 Å². The van der Waals surface area contributed by atoms with Crippen LogP contribution in [-0.2, 0) is 22.4 Å². The van der Waals surface area contributed by atoms with Crippen LogP contribution in [0, 0.1) is 0 Å². The van der Waals surface area contributed by atoms with Gasteiger partial charge in [-0.2, -0.15) is 5.10 Å². The topological polar surface area (TPSA) is 85.7 Å². The first-order chi connectivity index (χ1) is 20.7. The molecule has 8 heteroatoms. The highest BCUT2D eigenvalue weighted by atomic mass is 16.6. The average Bonchev–Trinajstić information content (AvgIpc) is 3.76. The smallest absolute Gasteiger partial charge is 0.412 e. The largest absolute Gasteiger partial charge is 0.444 e. The Bertz CT molecular complexity index is 1610. The second kappa shape index (κ2) is 12.3. The summed E-state index contributed by atoms with van der Waals surface area (Å²) in [6.45, 7) is 10.7. The van der Waals surface area contributed by atoms with Crippen LogP contribution in [0.25, 0.3) is 22.0 Å². The minimum atomic E-state index is -0.634. The van der Waals surface area contributed by atoms with Gasteiger partial charge in [0.1, 0.15) is 5.60 Å². The Morgan fingerprint density at radius 1 is 0.977 bits per heavy atom. The van der Waals surface area contributed by atoms with Gasteiger partial charge < -0.3 is 9.47 Å². The van der Waals surface area contributed by atoms with Crippen molar-refractivity contribution in [1.82, 2.24) is 14.7 Å². The number of nitrogens with zero attached hydrogens (tertiary/aromatic N) is 3. The number of fused-ring (bicyclic) bond motifs is 1. The first kappa shape index (κ1) is 29.1. The van der Waals surface area contributed by atoms with Crippen LogP contribution >= 0.6 is 0 Å². The number of Topliss-reactive ketones (excluding diaryl/α,β-unsaturated/α-hetero) is 1. The van der Waals surface area contributed by atoms with Gasteiger partial charge in [0.2, 0.25) is 0 Å². The Kier molecular flexibility index (Phi) is 8.32. The summed E-state index contributed by atoms with van der Waals surface area (Å²) in [7, 11) is 0. The molecule has 1 saturated carbocycles. The zero-order chi connectivity index (χ0) is 30.0. The lowest BCUT2D eigenvalue weighted by atomic mass is 9.94. The van der Waals surface area contributed by atoms with E-state index in [1.165, 1.54) is 5.56 Å². The molecule has 43 heavy (non-hydrogen) atoms. The lowest BCUT2D eigenvalue weighted by Gasteiger charge is -2.26. The zero-order valence-corrected chi connectivity index (χ0v) is 25.3. The number of ether oxygens (including phenoxy) is 2. The highest BCUT2D eigenvalue weighted by Crippen LogP contribution is 2.44. The highest BCUT2D eigenvalue weighted by molar-refractivity contribution is 6.02. The van der Waals surface area contributed by atoms with Crippen molar-refractivity contribution in [3.05, 3.63) is 83.6 Å². The maximum atomic E-state index is 13.9. The molecule has 1 amide bonds. The maximum absolute atomic E-state index is 13.9. The second-order valence-corrected chi connectivity index (χ2v) is 12.6. The summed E-state index contributed by atoms with van der Waals surface area (Å²) in [5.74, 6) is 0.460. The highest BCUT2D eigenvalue weighted by Gasteiger charge is 2.29. The molecule has 0 unspecified atom stereocenters. The second-order valence-electron chi connectivity index (χ2n) is 12.6. The Balaban J connectivity index is 1.28. The molecule has 1 aromatic heterocycles. The van der Waals surface area contributed by atoms with Crippen molar-refractivity contribution in [3.63, 3.8) is 0 Å². The van der Waals surface area contributed by atoms with Crippen LogP contribution in [0.3, 0.4) is 0 Å². The first-order valence-corrected chi connectivity index (χ1v) is 15.2. The van der Waals surface area contributed by atoms with Crippen molar-refractivity contribution in [2.24, 2.45) is 0 Å². The molecular formula is C35H40N4O4. The number of rotatable bonds is 9. The summed E-state index contributed by atoms with van der Waals surface area (Å²) >= 11 is 0. The number of carbonyl (C=O) groups excluding carboxylic acids is 2. The van der Waals surface area contributed by atoms with Crippen molar-refractivity contribution in [2.75, 3.05) is 38.2 Å². The quantitative estimate of drug-likeness (QED) is 0.222. The van der Waals surface area contributed by atoms with E-state index < -0.39 is 11.7 Å². The van der Waals surface area contributed by atoms with E-state index >= 15 is 0 Å². The molecule has 224 valence electrons. The molecule has 8 nitrogen and oxygen atoms in total. The molecule has 0 radical (unpaired) electrons. The van der Waals surface area contributed by atoms with E-state index in [0.717, 1.165) is 79.8 Å². The molecule has 0 atom stereocenters.